The molecular weight excluding hydrogens is 312 g/mol. The first kappa shape index (κ1) is 14.5. The van der Waals surface area contributed by atoms with Crippen molar-refractivity contribution < 1.29 is 14.1 Å². The van der Waals surface area contributed by atoms with Gasteiger partial charge in [0.1, 0.15) is 16.1 Å². The number of rotatable bonds is 5. The highest BCUT2D eigenvalue weighted by atomic mass is 32.2. The van der Waals surface area contributed by atoms with Gasteiger partial charge in [-0.3, -0.25) is 4.79 Å². The Balaban J connectivity index is 1.56. The van der Waals surface area contributed by atoms with Crippen molar-refractivity contribution in [3.63, 3.8) is 0 Å². The number of hydrogen-bond donors (Lipinski definition) is 1. The minimum Gasteiger partial charge on any atom is -0.368 e. The fraction of sp³-hybridized carbons (Fsp3) is 0.500. The summed E-state index contributed by atoms with van der Waals surface area (Å²) in [5.74, 6) is 0.680. The Morgan fingerprint density at radius 1 is 1.57 bits per heavy atom. The van der Waals surface area contributed by atoms with Gasteiger partial charge in [0.2, 0.25) is 0 Å². The van der Waals surface area contributed by atoms with Crippen molar-refractivity contribution in [1.29, 1.82) is 0 Å². The molecule has 0 radical (unpaired) electrons. The molecule has 1 saturated heterocycles. The second kappa shape index (κ2) is 6.54. The summed E-state index contributed by atoms with van der Waals surface area (Å²) in [6.07, 6.45) is 3.71. The number of ether oxygens (including phenoxy) is 1. The minimum absolute atomic E-state index is 0.107. The third kappa shape index (κ3) is 3.42. The summed E-state index contributed by atoms with van der Waals surface area (Å²) in [6, 6.07) is 0. The number of nitrogens with zero attached hydrogens (tertiary/aromatic N) is 3. The number of thiazole rings is 1. The van der Waals surface area contributed by atoms with Crippen molar-refractivity contribution in [2.45, 2.75) is 29.8 Å². The van der Waals surface area contributed by atoms with E-state index in [2.05, 4.69) is 20.4 Å². The molecular formula is C12H14N4O3S2. The van der Waals surface area contributed by atoms with Crippen molar-refractivity contribution in [3.05, 3.63) is 22.8 Å². The third-order valence-electron chi connectivity index (χ3n) is 2.99. The Labute approximate surface area is 129 Å². The molecule has 21 heavy (non-hydrogen) atoms. The molecule has 1 atom stereocenters. The molecule has 1 aliphatic rings. The van der Waals surface area contributed by atoms with Gasteiger partial charge in [-0.05, 0) is 19.1 Å². The molecule has 1 fully saturated rings. The van der Waals surface area contributed by atoms with Gasteiger partial charge in [0.25, 0.3) is 11.8 Å². The van der Waals surface area contributed by atoms with E-state index in [-0.39, 0.29) is 18.6 Å². The smallest absolute Gasteiger partial charge is 0.271 e. The van der Waals surface area contributed by atoms with E-state index in [0.717, 1.165) is 23.8 Å². The van der Waals surface area contributed by atoms with E-state index in [0.29, 0.717) is 17.4 Å². The van der Waals surface area contributed by atoms with Gasteiger partial charge < -0.3 is 14.6 Å². The summed E-state index contributed by atoms with van der Waals surface area (Å²) >= 11 is 2.96. The van der Waals surface area contributed by atoms with E-state index in [1.165, 1.54) is 23.1 Å². The van der Waals surface area contributed by atoms with Crippen molar-refractivity contribution in [3.8, 4) is 0 Å². The molecule has 1 aliphatic heterocycles. The zero-order valence-electron chi connectivity index (χ0n) is 11.4. The van der Waals surface area contributed by atoms with Crippen LogP contribution in [-0.4, -0.2) is 33.9 Å². The third-order valence-corrected chi connectivity index (χ3v) is 4.85. The van der Waals surface area contributed by atoms with E-state index in [1.54, 1.807) is 5.38 Å². The van der Waals surface area contributed by atoms with Crippen LogP contribution in [0.25, 0.3) is 0 Å². The molecule has 0 bridgehead atoms. The zero-order chi connectivity index (χ0) is 14.7. The number of hydrogen-bond acceptors (Lipinski definition) is 8. The van der Waals surface area contributed by atoms with Crippen LogP contribution in [0, 0.1) is 0 Å². The molecule has 3 rings (SSSR count). The van der Waals surface area contributed by atoms with Gasteiger partial charge >= 0.3 is 0 Å². The number of aromatic nitrogens is 3. The number of nitrogens with one attached hydrogen (secondary N) is 1. The molecule has 112 valence electrons. The van der Waals surface area contributed by atoms with Crippen LogP contribution in [0.3, 0.4) is 0 Å². The van der Waals surface area contributed by atoms with Crippen molar-refractivity contribution in [2.75, 3.05) is 12.9 Å². The second-order valence-corrected chi connectivity index (χ2v) is 6.35. The fourth-order valence-corrected chi connectivity index (χ4v) is 3.19. The predicted octanol–water partition coefficient (Wildman–Crippen LogP) is 2.03. The van der Waals surface area contributed by atoms with Crippen LogP contribution >= 0.6 is 23.1 Å². The summed E-state index contributed by atoms with van der Waals surface area (Å²) in [4.78, 5) is 20.4. The van der Waals surface area contributed by atoms with Gasteiger partial charge in [-0.2, -0.15) is 4.98 Å². The summed E-state index contributed by atoms with van der Waals surface area (Å²) in [5, 5.41) is 8.30. The summed E-state index contributed by atoms with van der Waals surface area (Å²) in [5.41, 5.74) is 0.409. The maximum Gasteiger partial charge on any atom is 0.271 e. The summed E-state index contributed by atoms with van der Waals surface area (Å²) in [7, 11) is 0. The van der Waals surface area contributed by atoms with Crippen LogP contribution in [-0.2, 0) is 11.3 Å². The first-order valence-corrected chi connectivity index (χ1v) is 8.58. The lowest BCUT2D eigenvalue weighted by atomic mass is 10.2. The highest BCUT2D eigenvalue weighted by molar-refractivity contribution is 8.00. The van der Waals surface area contributed by atoms with Crippen LogP contribution in [0.5, 0.6) is 0 Å². The average molecular weight is 326 g/mol. The molecule has 0 unspecified atom stereocenters. The molecule has 7 nitrogen and oxygen atoms in total. The second-order valence-electron chi connectivity index (χ2n) is 4.44. The molecule has 0 aliphatic carbocycles. The monoisotopic (exact) mass is 326 g/mol. The van der Waals surface area contributed by atoms with E-state index in [9.17, 15) is 4.79 Å². The Morgan fingerprint density at radius 2 is 2.48 bits per heavy atom. The lowest BCUT2D eigenvalue weighted by Crippen LogP contribution is -2.23. The number of thioether (sulfide) groups is 1. The standard InChI is InChI=1S/C12H14N4O3S2/c1-20-12-14-7(6-21-12)10(17)13-5-9-15-11(19-16-9)8-3-2-4-18-8/h6,8H,2-5H2,1H3,(H,13,17)/t8-/m0/s1. The maximum absolute atomic E-state index is 11.9. The van der Waals surface area contributed by atoms with Crippen LogP contribution in [0.2, 0.25) is 0 Å². The maximum atomic E-state index is 11.9. The van der Waals surface area contributed by atoms with Crippen LogP contribution in [0.4, 0.5) is 0 Å². The Bertz CT molecular complexity index is 622. The Kier molecular flexibility index (Phi) is 4.51. The predicted molar refractivity (Wildman–Crippen MR) is 77.3 cm³/mol. The first-order valence-electron chi connectivity index (χ1n) is 6.48. The van der Waals surface area contributed by atoms with Crippen LogP contribution < -0.4 is 5.32 Å². The van der Waals surface area contributed by atoms with E-state index >= 15 is 0 Å². The Morgan fingerprint density at radius 3 is 3.19 bits per heavy atom. The normalized spacial score (nSPS) is 18.0. The molecule has 0 aromatic carbocycles. The van der Waals surface area contributed by atoms with Gasteiger partial charge in [-0.15, -0.1) is 11.3 Å². The number of amides is 1. The quantitative estimate of drug-likeness (QED) is 0.841. The van der Waals surface area contributed by atoms with Crippen molar-refractivity contribution in [1.82, 2.24) is 20.4 Å². The number of carbonyl (C=O) groups is 1. The van der Waals surface area contributed by atoms with Gasteiger partial charge in [0.05, 0.1) is 6.54 Å². The fourth-order valence-electron chi connectivity index (χ4n) is 1.95. The average Bonchev–Trinajstić information content (AvgIpc) is 3.24. The van der Waals surface area contributed by atoms with Gasteiger partial charge in [-0.25, -0.2) is 4.98 Å². The summed E-state index contributed by atoms with van der Waals surface area (Å²) in [6.45, 7) is 0.932. The molecule has 2 aromatic rings. The van der Waals surface area contributed by atoms with Crippen molar-refractivity contribution >= 4 is 29.0 Å². The van der Waals surface area contributed by atoms with Crippen molar-refractivity contribution in [2.24, 2.45) is 0 Å². The molecule has 9 heteroatoms. The van der Waals surface area contributed by atoms with Gasteiger partial charge in [0, 0.05) is 12.0 Å². The zero-order valence-corrected chi connectivity index (χ0v) is 13.0. The van der Waals surface area contributed by atoms with Gasteiger partial charge in [0.15, 0.2) is 5.82 Å². The minimum atomic E-state index is -0.241. The Hall–Kier alpha value is -1.45. The first-order chi connectivity index (χ1) is 10.3. The largest absolute Gasteiger partial charge is 0.368 e. The molecule has 0 saturated carbocycles. The lowest BCUT2D eigenvalue weighted by Gasteiger charge is -2.01. The summed E-state index contributed by atoms with van der Waals surface area (Å²) < 4.78 is 11.5. The van der Waals surface area contributed by atoms with Crippen LogP contribution in [0.15, 0.2) is 14.2 Å². The molecule has 0 spiro atoms. The van der Waals surface area contributed by atoms with E-state index in [4.69, 9.17) is 9.26 Å². The molecule has 1 N–H and O–H groups in total. The van der Waals surface area contributed by atoms with E-state index < -0.39 is 0 Å². The van der Waals surface area contributed by atoms with Crippen LogP contribution in [0.1, 0.15) is 41.1 Å². The highest BCUT2D eigenvalue weighted by Crippen LogP contribution is 2.26. The molecule has 3 heterocycles. The van der Waals surface area contributed by atoms with E-state index in [1.807, 2.05) is 6.26 Å². The molecule has 2 aromatic heterocycles. The molecule has 1 amide bonds. The lowest BCUT2D eigenvalue weighted by molar-refractivity contribution is 0.0835. The SMILES string of the molecule is CSc1nc(C(=O)NCc2noc([C@@H]3CCCO3)n2)cs1. The van der Waals surface area contributed by atoms with Gasteiger partial charge in [-0.1, -0.05) is 16.9 Å². The highest BCUT2D eigenvalue weighted by Gasteiger charge is 2.24. The number of carbonyl (C=O) groups excluding carboxylic acids is 1. The topological polar surface area (TPSA) is 90.1 Å².